The Hall–Kier alpha value is -3.56. The quantitative estimate of drug-likeness (QED) is 0.299. The molecule has 2 amide bonds. The molecule has 0 aliphatic carbocycles. The lowest BCUT2D eigenvalue weighted by Gasteiger charge is -2.34. The number of anilines is 1. The number of nitrogens with one attached hydrogen (secondary N) is 1. The predicted molar refractivity (Wildman–Crippen MR) is 164 cm³/mol. The average molecular weight is 600 g/mol. The van der Waals surface area contributed by atoms with E-state index >= 15 is 0 Å². The van der Waals surface area contributed by atoms with Crippen LogP contribution in [0.4, 0.5) is 5.69 Å². The van der Waals surface area contributed by atoms with Gasteiger partial charge in [-0.1, -0.05) is 67.1 Å². The maximum absolute atomic E-state index is 14.2. The van der Waals surface area contributed by atoms with E-state index in [1.165, 1.54) is 12.0 Å². The Bertz CT molecular complexity index is 1450. The molecular formula is C31H38ClN3O5S. The highest BCUT2D eigenvalue weighted by molar-refractivity contribution is 7.92. The lowest BCUT2D eigenvalue weighted by Crippen LogP contribution is -2.54. The number of amides is 2. The molecule has 220 valence electrons. The number of hydrogen-bond acceptors (Lipinski definition) is 5. The van der Waals surface area contributed by atoms with Crippen molar-refractivity contribution >= 4 is 39.1 Å². The molecule has 0 bridgehead atoms. The molecule has 3 aromatic rings. The fourth-order valence-corrected chi connectivity index (χ4v) is 5.47. The number of aryl methyl sites for hydroxylation is 1. The van der Waals surface area contributed by atoms with Crippen molar-refractivity contribution in [1.29, 1.82) is 0 Å². The van der Waals surface area contributed by atoms with Crippen molar-refractivity contribution in [3.63, 3.8) is 0 Å². The highest BCUT2D eigenvalue weighted by Gasteiger charge is 2.34. The molecule has 0 radical (unpaired) electrons. The van der Waals surface area contributed by atoms with Crippen LogP contribution in [0.5, 0.6) is 5.75 Å². The number of benzene rings is 3. The first-order valence-corrected chi connectivity index (χ1v) is 15.7. The van der Waals surface area contributed by atoms with Crippen LogP contribution < -0.4 is 14.4 Å². The molecule has 10 heteroatoms. The van der Waals surface area contributed by atoms with Gasteiger partial charge in [0, 0.05) is 24.0 Å². The molecule has 0 aromatic heterocycles. The van der Waals surface area contributed by atoms with Crippen molar-refractivity contribution in [1.82, 2.24) is 10.2 Å². The van der Waals surface area contributed by atoms with Crippen LogP contribution in [-0.4, -0.2) is 57.1 Å². The third-order valence-electron chi connectivity index (χ3n) is 6.80. The first-order chi connectivity index (χ1) is 19.4. The second-order valence-corrected chi connectivity index (χ2v) is 12.5. The van der Waals surface area contributed by atoms with Gasteiger partial charge in [-0.3, -0.25) is 13.9 Å². The van der Waals surface area contributed by atoms with Gasteiger partial charge in [0.15, 0.2) is 0 Å². The number of sulfonamides is 1. The average Bonchev–Trinajstić information content (AvgIpc) is 2.93. The number of hydrogen-bond donors (Lipinski definition) is 1. The summed E-state index contributed by atoms with van der Waals surface area (Å²) in [5, 5.41) is 3.50. The third-order valence-corrected chi connectivity index (χ3v) is 8.16. The van der Waals surface area contributed by atoms with Crippen molar-refractivity contribution < 1.29 is 22.7 Å². The standard InChI is InChI=1S/C31H38ClN3O5S/c1-6-23(3)33-31(37)28(19-24-11-8-7-9-12-24)34(20-25-13-10-14-26(32)18-25)30(36)21-35(41(5,38)39)27-17-22(2)15-16-29(27)40-4/h7-18,23,28H,6,19-21H2,1-5H3,(H,33,37)/t23-,28-/m0/s1. The van der Waals surface area contributed by atoms with Gasteiger partial charge < -0.3 is 15.0 Å². The molecule has 0 spiro atoms. The van der Waals surface area contributed by atoms with Crippen LogP contribution in [0.25, 0.3) is 0 Å². The molecule has 0 aliphatic rings. The molecule has 0 unspecified atom stereocenters. The minimum Gasteiger partial charge on any atom is -0.495 e. The number of rotatable bonds is 13. The van der Waals surface area contributed by atoms with Crippen molar-refractivity contribution in [3.05, 3.63) is 94.5 Å². The van der Waals surface area contributed by atoms with Crippen LogP contribution in [0, 0.1) is 6.92 Å². The molecule has 2 atom stereocenters. The van der Waals surface area contributed by atoms with E-state index in [1.54, 1.807) is 36.4 Å². The summed E-state index contributed by atoms with van der Waals surface area (Å²) in [5.41, 5.74) is 2.61. The van der Waals surface area contributed by atoms with Gasteiger partial charge in [0.2, 0.25) is 21.8 Å². The van der Waals surface area contributed by atoms with E-state index in [0.29, 0.717) is 22.8 Å². The normalized spacial score (nSPS) is 12.7. The summed E-state index contributed by atoms with van der Waals surface area (Å²) in [6.07, 6.45) is 1.99. The number of halogens is 1. The molecule has 3 aromatic carbocycles. The van der Waals surface area contributed by atoms with Crippen molar-refractivity contribution in [2.75, 3.05) is 24.2 Å². The minimum atomic E-state index is -3.92. The first-order valence-electron chi connectivity index (χ1n) is 13.4. The molecular weight excluding hydrogens is 562 g/mol. The molecule has 0 fully saturated rings. The van der Waals surface area contributed by atoms with E-state index in [2.05, 4.69) is 5.32 Å². The van der Waals surface area contributed by atoms with Gasteiger partial charge in [-0.25, -0.2) is 8.42 Å². The third kappa shape index (κ3) is 8.96. The summed E-state index contributed by atoms with van der Waals surface area (Å²) in [7, 11) is -2.48. The monoisotopic (exact) mass is 599 g/mol. The van der Waals surface area contributed by atoms with Crippen molar-refractivity contribution in [2.24, 2.45) is 0 Å². The Kier molecular flexibility index (Phi) is 11.2. The molecule has 0 aliphatic heterocycles. The molecule has 8 nitrogen and oxygen atoms in total. The van der Waals surface area contributed by atoms with E-state index in [0.717, 1.165) is 21.7 Å². The number of carbonyl (C=O) groups excluding carboxylic acids is 2. The summed E-state index contributed by atoms with van der Waals surface area (Å²) in [4.78, 5) is 29.4. The van der Waals surface area contributed by atoms with E-state index in [9.17, 15) is 18.0 Å². The first kappa shape index (κ1) is 32.0. The summed E-state index contributed by atoms with van der Waals surface area (Å²) in [6.45, 7) is 5.21. The fraction of sp³-hybridized carbons (Fsp3) is 0.355. The Morgan fingerprint density at radius 1 is 1.00 bits per heavy atom. The second-order valence-electron chi connectivity index (χ2n) is 10.1. The lowest BCUT2D eigenvalue weighted by molar-refractivity contribution is -0.140. The van der Waals surface area contributed by atoms with Crippen molar-refractivity contribution in [2.45, 2.75) is 52.2 Å². The zero-order valence-electron chi connectivity index (χ0n) is 24.1. The van der Waals surface area contributed by atoms with E-state index in [4.69, 9.17) is 16.3 Å². The van der Waals surface area contributed by atoms with Gasteiger partial charge in [-0.05, 0) is 61.2 Å². The lowest BCUT2D eigenvalue weighted by atomic mass is 10.0. The zero-order chi connectivity index (χ0) is 30.2. The zero-order valence-corrected chi connectivity index (χ0v) is 25.7. The van der Waals surface area contributed by atoms with Crippen LogP contribution in [0.15, 0.2) is 72.8 Å². The largest absolute Gasteiger partial charge is 0.495 e. The number of carbonyl (C=O) groups is 2. The number of ether oxygens (including phenoxy) is 1. The van der Waals surface area contributed by atoms with Crippen LogP contribution in [0.1, 0.15) is 37.0 Å². The maximum atomic E-state index is 14.2. The molecule has 0 heterocycles. The van der Waals surface area contributed by atoms with Crippen LogP contribution in [-0.2, 0) is 32.6 Å². The summed E-state index contributed by atoms with van der Waals surface area (Å²) < 4.78 is 32.6. The summed E-state index contributed by atoms with van der Waals surface area (Å²) in [6, 6.07) is 20.5. The smallest absolute Gasteiger partial charge is 0.244 e. The van der Waals surface area contributed by atoms with Crippen LogP contribution >= 0.6 is 11.6 Å². The van der Waals surface area contributed by atoms with Gasteiger partial charge in [-0.15, -0.1) is 0 Å². The molecule has 0 saturated carbocycles. The highest BCUT2D eigenvalue weighted by atomic mass is 35.5. The van der Waals surface area contributed by atoms with E-state index in [1.807, 2.05) is 57.2 Å². The molecule has 41 heavy (non-hydrogen) atoms. The maximum Gasteiger partial charge on any atom is 0.244 e. The van der Waals surface area contributed by atoms with Crippen LogP contribution in [0.3, 0.4) is 0 Å². The van der Waals surface area contributed by atoms with Crippen molar-refractivity contribution in [3.8, 4) is 5.75 Å². The van der Waals surface area contributed by atoms with Crippen LogP contribution in [0.2, 0.25) is 5.02 Å². The number of nitrogens with zero attached hydrogens (tertiary/aromatic N) is 2. The van der Waals surface area contributed by atoms with E-state index < -0.39 is 28.5 Å². The van der Waals surface area contributed by atoms with Gasteiger partial charge in [-0.2, -0.15) is 0 Å². The van der Waals surface area contributed by atoms with Gasteiger partial charge >= 0.3 is 0 Å². The Labute approximate surface area is 248 Å². The highest BCUT2D eigenvalue weighted by Crippen LogP contribution is 2.31. The predicted octanol–water partition coefficient (Wildman–Crippen LogP) is 4.98. The van der Waals surface area contributed by atoms with Gasteiger partial charge in [0.25, 0.3) is 0 Å². The topological polar surface area (TPSA) is 96.0 Å². The fourth-order valence-electron chi connectivity index (χ4n) is 4.42. The second kappa shape index (κ2) is 14.4. The molecule has 0 saturated heterocycles. The summed E-state index contributed by atoms with van der Waals surface area (Å²) >= 11 is 6.26. The Morgan fingerprint density at radius 2 is 1.68 bits per heavy atom. The van der Waals surface area contributed by atoms with Gasteiger partial charge in [0.1, 0.15) is 18.3 Å². The minimum absolute atomic E-state index is 0.0490. The van der Waals surface area contributed by atoms with E-state index in [-0.39, 0.29) is 30.6 Å². The Balaban J connectivity index is 2.10. The SMILES string of the molecule is CC[C@H](C)NC(=O)[C@H](Cc1ccccc1)N(Cc1cccc(Cl)c1)C(=O)CN(c1cc(C)ccc1OC)S(C)(=O)=O. The molecule has 3 rings (SSSR count). The van der Waals surface area contributed by atoms with Gasteiger partial charge in [0.05, 0.1) is 19.1 Å². The Morgan fingerprint density at radius 3 is 2.29 bits per heavy atom. The summed E-state index contributed by atoms with van der Waals surface area (Å²) in [5.74, 6) is -0.553. The number of methoxy groups -OCH3 is 1. The molecule has 1 N–H and O–H groups in total.